The third-order valence-corrected chi connectivity index (χ3v) is 4.00. The van der Waals surface area contributed by atoms with Crippen molar-refractivity contribution in [2.75, 3.05) is 6.61 Å². The Kier molecular flexibility index (Phi) is 4.15. The fourth-order valence-corrected chi connectivity index (χ4v) is 2.72. The molecule has 2 aromatic rings. The Balaban J connectivity index is 1.89. The van der Waals surface area contributed by atoms with E-state index in [0.717, 1.165) is 36.5 Å². The van der Waals surface area contributed by atoms with Gasteiger partial charge < -0.3 is 10.5 Å². The molecule has 2 N–H and O–H groups in total. The average Bonchev–Trinajstić information content (AvgIpc) is 2.54. The van der Waals surface area contributed by atoms with Gasteiger partial charge in [-0.2, -0.15) is 0 Å². The molecule has 0 fully saturated rings. The summed E-state index contributed by atoms with van der Waals surface area (Å²) in [5.41, 5.74) is 8.24. The molecule has 2 atom stereocenters. The molecule has 0 spiro atoms. The highest BCUT2D eigenvalue weighted by Crippen LogP contribution is 2.36. The molecule has 1 aliphatic heterocycles. The van der Waals surface area contributed by atoms with Crippen molar-refractivity contribution >= 4 is 0 Å². The molecule has 1 aliphatic rings. The van der Waals surface area contributed by atoms with Crippen LogP contribution in [-0.4, -0.2) is 22.6 Å². The number of aromatic nitrogens is 2. The summed E-state index contributed by atoms with van der Waals surface area (Å²) < 4.78 is 5.71. The Morgan fingerprint density at radius 3 is 3.05 bits per heavy atom. The highest BCUT2D eigenvalue weighted by Gasteiger charge is 2.25. The second-order valence-electron chi connectivity index (χ2n) is 5.51. The van der Waals surface area contributed by atoms with Gasteiger partial charge in [0.25, 0.3) is 0 Å². The molecule has 3 rings (SSSR count). The van der Waals surface area contributed by atoms with Crippen molar-refractivity contribution in [3.05, 3.63) is 53.6 Å². The predicted molar refractivity (Wildman–Crippen MR) is 82.4 cm³/mol. The van der Waals surface area contributed by atoms with E-state index in [1.807, 2.05) is 30.5 Å². The summed E-state index contributed by atoms with van der Waals surface area (Å²) in [7, 11) is 0. The van der Waals surface area contributed by atoms with E-state index in [9.17, 15) is 0 Å². The van der Waals surface area contributed by atoms with Crippen LogP contribution in [0.4, 0.5) is 0 Å². The van der Waals surface area contributed by atoms with Crippen LogP contribution in [-0.2, 0) is 6.42 Å². The van der Waals surface area contributed by atoms with Crippen molar-refractivity contribution < 1.29 is 4.74 Å². The van der Waals surface area contributed by atoms with Crippen LogP contribution in [0, 0.1) is 0 Å². The maximum atomic E-state index is 6.03. The summed E-state index contributed by atoms with van der Waals surface area (Å²) in [4.78, 5) is 9.22. The van der Waals surface area contributed by atoms with E-state index in [2.05, 4.69) is 18.0 Å². The first-order valence-corrected chi connectivity index (χ1v) is 7.57. The van der Waals surface area contributed by atoms with E-state index >= 15 is 0 Å². The maximum absolute atomic E-state index is 6.03. The third kappa shape index (κ3) is 3.05. The SMILES string of the molecule is CCC(N)Cc1ccnc(C2CCOc3ccccc32)n1. The fourth-order valence-electron chi connectivity index (χ4n) is 2.72. The quantitative estimate of drug-likeness (QED) is 0.937. The molecule has 0 saturated carbocycles. The topological polar surface area (TPSA) is 61.0 Å². The predicted octanol–water partition coefficient (Wildman–Crippen LogP) is 2.67. The smallest absolute Gasteiger partial charge is 0.136 e. The first-order valence-electron chi connectivity index (χ1n) is 7.57. The number of para-hydroxylation sites is 1. The average molecular weight is 283 g/mol. The molecular weight excluding hydrogens is 262 g/mol. The zero-order chi connectivity index (χ0) is 14.7. The Hall–Kier alpha value is -1.94. The molecular formula is C17H21N3O. The van der Waals surface area contributed by atoms with Crippen molar-refractivity contribution in [2.45, 2.75) is 38.1 Å². The zero-order valence-electron chi connectivity index (χ0n) is 12.3. The molecule has 2 heterocycles. The number of hydrogen-bond donors (Lipinski definition) is 1. The number of nitrogens with two attached hydrogens (primary N) is 1. The Morgan fingerprint density at radius 2 is 2.19 bits per heavy atom. The van der Waals surface area contributed by atoms with Crippen molar-refractivity contribution in [3.8, 4) is 5.75 Å². The van der Waals surface area contributed by atoms with Crippen LogP contribution < -0.4 is 10.5 Å². The number of hydrogen-bond acceptors (Lipinski definition) is 4. The van der Waals surface area contributed by atoms with Crippen molar-refractivity contribution in [2.24, 2.45) is 5.73 Å². The van der Waals surface area contributed by atoms with Crippen LogP contribution in [0.15, 0.2) is 36.5 Å². The molecule has 0 amide bonds. The molecule has 0 radical (unpaired) electrons. The van der Waals surface area contributed by atoms with Gasteiger partial charge >= 0.3 is 0 Å². The number of rotatable bonds is 4. The minimum Gasteiger partial charge on any atom is -0.493 e. The van der Waals surface area contributed by atoms with Crippen LogP contribution in [0.3, 0.4) is 0 Å². The summed E-state index contributed by atoms with van der Waals surface area (Å²) in [6, 6.07) is 10.3. The summed E-state index contributed by atoms with van der Waals surface area (Å²) in [6.45, 7) is 2.81. The van der Waals surface area contributed by atoms with Gasteiger partial charge in [-0.1, -0.05) is 25.1 Å². The van der Waals surface area contributed by atoms with Gasteiger partial charge in [0.2, 0.25) is 0 Å². The number of benzene rings is 1. The number of ether oxygens (including phenoxy) is 1. The summed E-state index contributed by atoms with van der Waals surface area (Å²) in [5.74, 6) is 2.05. The van der Waals surface area contributed by atoms with Crippen LogP contribution in [0.5, 0.6) is 5.75 Å². The van der Waals surface area contributed by atoms with Gasteiger partial charge in [0, 0.05) is 29.9 Å². The number of nitrogens with zero attached hydrogens (tertiary/aromatic N) is 2. The largest absolute Gasteiger partial charge is 0.493 e. The Bertz CT molecular complexity index is 614. The first-order chi connectivity index (χ1) is 10.3. The van der Waals surface area contributed by atoms with Gasteiger partial charge in [-0.05, 0) is 25.0 Å². The van der Waals surface area contributed by atoms with Gasteiger partial charge in [0.15, 0.2) is 0 Å². The first kappa shape index (κ1) is 14.0. The van der Waals surface area contributed by atoms with Crippen LogP contribution in [0.1, 0.15) is 42.8 Å². The van der Waals surface area contributed by atoms with Gasteiger partial charge in [0.05, 0.1) is 12.5 Å². The van der Waals surface area contributed by atoms with Crippen molar-refractivity contribution in [1.29, 1.82) is 0 Å². The van der Waals surface area contributed by atoms with E-state index in [1.165, 1.54) is 5.56 Å². The van der Waals surface area contributed by atoms with Crippen LogP contribution in [0.2, 0.25) is 0 Å². The number of fused-ring (bicyclic) bond motifs is 1. The molecule has 4 heteroatoms. The van der Waals surface area contributed by atoms with Gasteiger partial charge in [0.1, 0.15) is 11.6 Å². The third-order valence-electron chi connectivity index (χ3n) is 4.00. The molecule has 21 heavy (non-hydrogen) atoms. The highest BCUT2D eigenvalue weighted by atomic mass is 16.5. The normalized spacial score (nSPS) is 18.7. The lowest BCUT2D eigenvalue weighted by Gasteiger charge is -2.25. The molecule has 4 nitrogen and oxygen atoms in total. The van der Waals surface area contributed by atoms with Crippen molar-refractivity contribution in [1.82, 2.24) is 9.97 Å². The van der Waals surface area contributed by atoms with E-state index in [-0.39, 0.29) is 12.0 Å². The molecule has 1 aromatic heterocycles. The molecule has 0 saturated heterocycles. The lowest BCUT2D eigenvalue weighted by atomic mass is 9.92. The summed E-state index contributed by atoms with van der Waals surface area (Å²) in [6.07, 6.45) is 4.52. The standard InChI is InChI=1S/C17H21N3O/c1-2-12(18)11-13-7-9-19-17(20-13)15-8-10-21-16-6-4-3-5-14(15)16/h3-7,9,12,15H,2,8,10-11,18H2,1H3. The second kappa shape index (κ2) is 6.22. The van der Waals surface area contributed by atoms with Crippen molar-refractivity contribution in [3.63, 3.8) is 0 Å². The minimum absolute atomic E-state index is 0.162. The molecule has 2 unspecified atom stereocenters. The maximum Gasteiger partial charge on any atom is 0.136 e. The molecule has 1 aromatic carbocycles. The molecule has 0 aliphatic carbocycles. The summed E-state index contributed by atoms with van der Waals surface area (Å²) >= 11 is 0. The Labute approximate surface area is 125 Å². The van der Waals surface area contributed by atoms with Gasteiger partial charge in [-0.25, -0.2) is 9.97 Å². The van der Waals surface area contributed by atoms with Crippen LogP contribution in [0.25, 0.3) is 0 Å². The lowest BCUT2D eigenvalue weighted by Crippen LogP contribution is -2.23. The fraction of sp³-hybridized carbons (Fsp3) is 0.412. The molecule has 110 valence electrons. The Morgan fingerprint density at radius 1 is 1.33 bits per heavy atom. The van der Waals surface area contributed by atoms with E-state index in [4.69, 9.17) is 15.5 Å². The second-order valence-corrected chi connectivity index (χ2v) is 5.51. The van der Waals surface area contributed by atoms with Gasteiger partial charge in [-0.15, -0.1) is 0 Å². The van der Waals surface area contributed by atoms with E-state index in [0.29, 0.717) is 6.61 Å². The van der Waals surface area contributed by atoms with E-state index < -0.39 is 0 Å². The summed E-state index contributed by atoms with van der Waals surface area (Å²) in [5, 5.41) is 0. The van der Waals surface area contributed by atoms with E-state index in [1.54, 1.807) is 0 Å². The molecule has 0 bridgehead atoms. The zero-order valence-corrected chi connectivity index (χ0v) is 12.3. The highest BCUT2D eigenvalue weighted by molar-refractivity contribution is 5.40. The lowest BCUT2D eigenvalue weighted by molar-refractivity contribution is 0.274. The minimum atomic E-state index is 0.162. The van der Waals surface area contributed by atoms with Gasteiger partial charge in [-0.3, -0.25) is 0 Å². The monoisotopic (exact) mass is 283 g/mol. The van der Waals surface area contributed by atoms with Crippen LogP contribution >= 0.6 is 0 Å².